The second kappa shape index (κ2) is 8.11. The summed E-state index contributed by atoms with van der Waals surface area (Å²) < 4.78 is 45.2. The summed E-state index contributed by atoms with van der Waals surface area (Å²) in [5, 5.41) is 0. The third kappa shape index (κ3) is 7.35. The molecular formula is C14H20F3NO2. The van der Waals surface area contributed by atoms with Crippen LogP contribution in [0.5, 0.6) is 5.75 Å². The number of nitrogens with two attached hydrogens (primary N) is 1. The Morgan fingerprint density at radius 1 is 1.30 bits per heavy atom. The lowest BCUT2D eigenvalue weighted by Crippen LogP contribution is -2.24. The molecule has 0 amide bonds. The highest BCUT2D eigenvalue weighted by atomic mass is 19.4. The van der Waals surface area contributed by atoms with Gasteiger partial charge in [0, 0.05) is 12.6 Å². The molecule has 1 atom stereocenters. The van der Waals surface area contributed by atoms with Crippen LogP contribution < -0.4 is 10.5 Å². The van der Waals surface area contributed by atoms with E-state index >= 15 is 0 Å². The van der Waals surface area contributed by atoms with Crippen LogP contribution in [0, 0.1) is 0 Å². The van der Waals surface area contributed by atoms with Gasteiger partial charge in [-0.3, -0.25) is 0 Å². The van der Waals surface area contributed by atoms with Crippen LogP contribution in [0.1, 0.15) is 18.4 Å². The van der Waals surface area contributed by atoms with Gasteiger partial charge in [0.1, 0.15) is 12.4 Å². The van der Waals surface area contributed by atoms with Crippen LogP contribution in [0.3, 0.4) is 0 Å². The van der Waals surface area contributed by atoms with Gasteiger partial charge >= 0.3 is 6.18 Å². The van der Waals surface area contributed by atoms with Gasteiger partial charge in [-0.15, -0.1) is 0 Å². The fraction of sp³-hybridized carbons (Fsp3) is 0.571. The third-order valence-corrected chi connectivity index (χ3v) is 2.76. The van der Waals surface area contributed by atoms with Crippen molar-refractivity contribution in [2.45, 2.75) is 31.5 Å². The van der Waals surface area contributed by atoms with Gasteiger partial charge in [0.2, 0.25) is 0 Å². The van der Waals surface area contributed by atoms with Gasteiger partial charge in [0.25, 0.3) is 0 Å². The van der Waals surface area contributed by atoms with Crippen LogP contribution in [-0.2, 0) is 11.2 Å². The normalized spacial score (nSPS) is 13.2. The number of rotatable bonds is 8. The summed E-state index contributed by atoms with van der Waals surface area (Å²) in [6.07, 6.45) is -2.46. The molecule has 114 valence electrons. The maximum atomic E-state index is 11.8. The maximum absolute atomic E-state index is 11.8. The maximum Gasteiger partial charge on any atom is 0.411 e. The summed E-state index contributed by atoms with van der Waals surface area (Å²) >= 11 is 0. The molecule has 0 heterocycles. The van der Waals surface area contributed by atoms with Crippen molar-refractivity contribution in [2.24, 2.45) is 5.73 Å². The molecule has 0 fully saturated rings. The molecule has 1 aromatic rings. The number of ether oxygens (including phenoxy) is 2. The van der Waals surface area contributed by atoms with Gasteiger partial charge < -0.3 is 15.2 Å². The Bertz CT molecular complexity index is 396. The minimum Gasteiger partial charge on any atom is -0.497 e. The van der Waals surface area contributed by atoms with Crippen molar-refractivity contribution in [3.05, 3.63) is 29.8 Å². The quantitative estimate of drug-likeness (QED) is 0.749. The van der Waals surface area contributed by atoms with Gasteiger partial charge in [-0.1, -0.05) is 12.1 Å². The molecule has 0 aliphatic heterocycles. The predicted molar refractivity (Wildman–Crippen MR) is 70.8 cm³/mol. The lowest BCUT2D eigenvalue weighted by Gasteiger charge is -2.13. The van der Waals surface area contributed by atoms with Crippen LogP contribution in [0.15, 0.2) is 24.3 Å². The van der Waals surface area contributed by atoms with E-state index in [-0.39, 0.29) is 12.6 Å². The van der Waals surface area contributed by atoms with Crippen molar-refractivity contribution in [1.82, 2.24) is 0 Å². The predicted octanol–water partition coefficient (Wildman–Crippen LogP) is 2.92. The molecule has 0 radical (unpaired) electrons. The van der Waals surface area contributed by atoms with E-state index in [2.05, 4.69) is 4.74 Å². The first kappa shape index (κ1) is 16.8. The van der Waals surface area contributed by atoms with Crippen molar-refractivity contribution >= 4 is 0 Å². The first-order valence-electron chi connectivity index (χ1n) is 6.43. The van der Waals surface area contributed by atoms with Crippen molar-refractivity contribution in [3.8, 4) is 5.75 Å². The SMILES string of the molecule is COc1cccc(CC(N)CCCOCC(F)(F)F)c1. The van der Waals surface area contributed by atoms with E-state index in [1.807, 2.05) is 24.3 Å². The van der Waals surface area contributed by atoms with Crippen LogP contribution >= 0.6 is 0 Å². The number of hydrogen-bond acceptors (Lipinski definition) is 3. The number of halogens is 3. The zero-order valence-electron chi connectivity index (χ0n) is 11.5. The fourth-order valence-electron chi connectivity index (χ4n) is 1.84. The third-order valence-electron chi connectivity index (χ3n) is 2.76. The first-order chi connectivity index (χ1) is 9.40. The Labute approximate surface area is 116 Å². The lowest BCUT2D eigenvalue weighted by atomic mass is 10.0. The molecule has 1 aromatic carbocycles. The van der Waals surface area contributed by atoms with Gasteiger partial charge in [-0.25, -0.2) is 0 Å². The van der Waals surface area contributed by atoms with Crippen molar-refractivity contribution in [2.75, 3.05) is 20.3 Å². The molecule has 0 aromatic heterocycles. The van der Waals surface area contributed by atoms with E-state index in [9.17, 15) is 13.2 Å². The molecule has 1 unspecified atom stereocenters. The minimum absolute atomic E-state index is 0.0747. The molecule has 0 saturated heterocycles. The fourth-order valence-corrected chi connectivity index (χ4v) is 1.84. The zero-order chi connectivity index (χ0) is 15.0. The molecule has 20 heavy (non-hydrogen) atoms. The summed E-state index contributed by atoms with van der Waals surface area (Å²) in [7, 11) is 1.59. The Balaban J connectivity index is 2.21. The number of benzene rings is 1. The van der Waals surface area contributed by atoms with Gasteiger partial charge in [-0.2, -0.15) is 13.2 Å². The summed E-state index contributed by atoms with van der Waals surface area (Å²) in [6, 6.07) is 7.48. The Morgan fingerprint density at radius 2 is 2.05 bits per heavy atom. The lowest BCUT2D eigenvalue weighted by molar-refractivity contribution is -0.174. The Kier molecular flexibility index (Phi) is 6.81. The van der Waals surface area contributed by atoms with E-state index in [1.165, 1.54) is 0 Å². The second-order valence-electron chi connectivity index (χ2n) is 4.63. The molecule has 0 bridgehead atoms. The number of hydrogen-bond donors (Lipinski definition) is 1. The molecule has 0 aliphatic carbocycles. The van der Waals surface area contributed by atoms with Crippen LogP contribution in [0.2, 0.25) is 0 Å². The van der Waals surface area contributed by atoms with Gasteiger partial charge in [-0.05, 0) is 37.0 Å². The highest BCUT2D eigenvalue weighted by molar-refractivity contribution is 5.28. The van der Waals surface area contributed by atoms with Crippen molar-refractivity contribution in [3.63, 3.8) is 0 Å². The van der Waals surface area contributed by atoms with E-state index < -0.39 is 12.8 Å². The molecule has 0 spiro atoms. The Hall–Kier alpha value is -1.27. The van der Waals surface area contributed by atoms with Crippen molar-refractivity contribution < 1.29 is 22.6 Å². The smallest absolute Gasteiger partial charge is 0.411 e. The van der Waals surface area contributed by atoms with Crippen LogP contribution in [0.4, 0.5) is 13.2 Å². The molecule has 3 nitrogen and oxygen atoms in total. The Morgan fingerprint density at radius 3 is 2.70 bits per heavy atom. The first-order valence-corrected chi connectivity index (χ1v) is 6.43. The highest BCUT2D eigenvalue weighted by Crippen LogP contribution is 2.16. The zero-order valence-corrected chi connectivity index (χ0v) is 11.5. The summed E-state index contributed by atoms with van der Waals surface area (Å²) in [4.78, 5) is 0. The number of methoxy groups -OCH3 is 1. The van der Waals surface area contributed by atoms with Gasteiger partial charge in [0.15, 0.2) is 0 Å². The van der Waals surface area contributed by atoms with E-state index in [1.54, 1.807) is 7.11 Å². The molecule has 0 saturated carbocycles. The molecule has 0 aliphatic rings. The topological polar surface area (TPSA) is 44.5 Å². The summed E-state index contributed by atoms with van der Waals surface area (Å²) in [5.41, 5.74) is 7.00. The monoisotopic (exact) mass is 291 g/mol. The van der Waals surface area contributed by atoms with Gasteiger partial charge in [0.05, 0.1) is 7.11 Å². The molecule has 2 N–H and O–H groups in total. The second-order valence-corrected chi connectivity index (χ2v) is 4.63. The van der Waals surface area contributed by atoms with E-state index in [0.29, 0.717) is 19.3 Å². The largest absolute Gasteiger partial charge is 0.497 e. The average Bonchev–Trinajstić information content (AvgIpc) is 2.37. The van der Waals surface area contributed by atoms with E-state index in [0.717, 1.165) is 11.3 Å². The number of alkyl halides is 3. The van der Waals surface area contributed by atoms with E-state index in [4.69, 9.17) is 10.5 Å². The summed E-state index contributed by atoms with van der Waals surface area (Å²) in [6.45, 7) is -1.12. The summed E-state index contributed by atoms with van der Waals surface area (Å²) in [5.74, 6) is 0.767. The van der Waals surface area contributed by atoms with Crippen LogP contribution in [-0.4, -0.2) is 32.5 Å². The standard InChI is InChI=1S/C14H20F3NO2/c1-19-13-6-2-4-11(9-13)8-12(18)5-3-7-20-10-14(15,16)17/h2,4,6,9,12H,3,5,7-8,10,18H2,1H3. The molecule has 1 rings (SSSR count). The van der Waals surface area contributed by atoms with Crippen molar-refractivity contribution in [1.29, 1.82) is 0 Å². The average molecular weight is 291 g/mol. The minimum atomic E-state index is -4.26. The highest BCUT2D eigenvalue weighted by Gasteiger charge is 2.27. The molecular weight excluding hydrogens is 271 g/mol. The van der Waals surface area contributed by atoms with Crippen LogP contribution in [0.25, 0.3) is 0 Å². The molecule has 6 heteroatoms.